The fraction of sp³-hybridized carbons (Fsp3) is 0.519. The van der Waals surface area contributed by atoms with E-state index in [0.29, 0.717) is 24.7 Å². The van der Waals surface area contributed by atoms with Gasteiger partial charge in [0.05, 0.1) is 7.11 Å². The molecule has 0 amide bonds. The highest BCUT2D eigenvalue weighted by atomic mass is 16.5. The summed E-state index contributed by atoms with van der Waals surface area (Å²) in [6, 6.07) is 16.8. The molecule has 5 rings (SSSR count). The van der Waals surface area contributed by atoms with E-state index < -0.39 is 0 Å². The van der Waals surface area contributed by atoms with E-state index in [0.717, 1.165) is 48.8 Å². The summed E-state index contributed by atoms with van der Waals surface area (Å²) in [7, 11) is 3.58. The van der Waals surface area contributed by atoms with E-state index in [-0.39, 0.29) is 6.10 Å². The van der Waals surface area contributed by atoms with E-state index in [9.17, 15) is 0 Å². The van der Waals surface area contributed by atoms with Crippen molar-refractivity contribution >= 4 is 5.96 Å². The average molecular weight is 449 g/mol. The average Bonchev–Trinajstić information content (AvgIpc) is 3.29. The van der Waals surface area contributed by atoms with Gasteiger partial charge >= 0.3 is 0 Å². The topological polar surface area (TPSA) is 58.1 Å². The van der Waals surface area contributed by atoms with Crippen molar-refractivity contribution < 1.29 is 9.47 Å². The second kappa shape index (κ2) is 9.64. The molecule has 33 heavy (non-hydrogen) atoms. The number of nitrogens with one attached hydrogen (secondary N) is 2. The van der Waals surface area contributed by atoms with Gasteiger partial charge in [0.15, 0.2) is 5.96 Å². The zero-order valence-electron chi connectivity index (χ0n) is 20.0. The number of ether oxygens (including phenoxy) is 2. The summed E-state index contributed by atoms with van der Waals surface area (Å²) in [6.45, 7) is 3.82. The lowest BCUT2D eigenvalue weighted by atomic mass is 9.96. The van der Waals surface area contributed by atoms with Crippen molar-refractivity contribution in [2.75, 3.05) is 14.2 Å². The normalized spacial score (nSPS) is 26.6. The Morgan fingerprint density at radius 2 is 1.91 bits per heavy atom. The highest BCUT2D eigenvalue weighted by molar-refractivity contribution is 5.80. The van der Waals surface area contributed by atoms with Crippen LogP contribution >= 0.6 is 0 Å². The predicted molar refractivity (Wildman–Crippen MR) is 132 cm³/mol. The molecule has 3 heterocycles. The van der Waals surface area contributed by atoms with Crippen LogP contribution in [-0.2, 0) is 19.5 Å². The number of guanidine groups is 1. The van der Waals surface area contributed by atoms with Gasteiger partial charge in [-0.2, -0.15) is 0 Å². The van der Waals surface area contributed by atoms with E-state index in [1.165, 1.54) is 24.0 Å². The molecular formula is C27H36N4O2. The first-order chi connectivity index (χ1) is 16.1. The monoisotopic (exact) mass is 448 g/mol. The summed E-state index contributed by atoms with van der Waals surface area (Å²) in [5, 5.41) is 7.20. The van der Waals surface area contributed by atoms with Crippen LogP contribution in [0.4, 0.5) is 0 Å². The van der Waals surface area contributed by atoms with Crippen LogP contribution < -0.4 is 20.1 Å². The molecule has 0 saturated carbocycles. The summed E-state index contributed by atoms with van der Waals surface area (Å²) in [4.78, 5) is 7.23. The van der Waals surface area contributed by atoms with Crippen molar-refractivity contribution in [3.8, 4) is 11.5 Å². The van der Waals surface area contributed by atoms with Crippen molar-refractivity contribution in [1.82, 2.24) is 15.5 Å². The van der Waals surface area contributed by atoms with Crippen molar-refractivity contribution in [2.45, 2.75) is 76.3 Å². The molecule has 0 spiro atoms. The Bertz CT molecular complexity index is 979. The third kappa shape index (κ3) is 4.81. The molecule has 6 heteroatoms. The number of nitrogens with zero attached hydrogens (tertiary/aromatic N) is 2. The minimum Gasteiger partial charge on any atom is -0.496 e. The van der Waals surface area contributed by atoms with E-state index in [2.05, 4.69) is 69.9 Å². The van der Waals surface area contributed by atoms with Crippen LogP contribution in [0.5, 0.6) is 11.5 Å². The fourth-order valence-corrected chi connectivity index (χ4v) is 5.82. The Balaban J connectivity index is 1.18. The molecule has 0 aromatic heterocycles. The second-order valence-electron chi connectivity index (χ2n) is 9.69. The number of piperidine rings is 1. The van der Waals surface area contributed by atoms with Crippen molar-refractivity contribution in [3.63, 3.8) is 0 Å². The summed E-state index contributed by atoms with van der Waals surface area (Å²) in [5.41, 5.74) is 3.73. The SMILES string of the molecule is CN=C(NCc1cc2c(cc1OC)CC(C)O2)NC1CC2CCC(C1)N2Cc1ccccc1. The molecule has 0 radical (unpaired) electrons. The molecule has 2 N–H and O–H groups in total. The minimum absolute atomic E-state index is 0.227. The van der Waals surface area contributed by atoms with Crippen LogP contribution in [0.2, 0.25) is 0 Å². The van der Waals surface area contributed by atoms with E-state index >= 15 is 0 Å². The zero-order chi connectivity index (χ0) is 22.8. The highest BCUT2D eigenvalue weighted by Crippen LogP contribution is 2.37. The van der Waals surface area contributed by atoms with Crippen molar-refractivity contribution in [3.05, 3.63) is 59.2 Å². The molecule has 2 aromatic carbocycles. The van der Waals surface area contributed by atoms with Crippen LogP contribution in [0, 0.1) is 0 Å². The van der Waals surface area contributed by atoms with Gasteiger partial charge in [-0.1, -0.05) is 30.3 Å². The van der Waals surface area contributed by atoms with Gasteiger partial charge in [-0.3, -0.25) is 9.89 Å². The molecule has 176 valence electrons. The Labute approximate surface area is 197 Å². The lowest BCUT2D eigenvalue weighted by Gasteiger charge is -2.39. The highest BCUT2D eigenvalue weighted by Gasteiger charge is 2.40. The molecule has 3 aliphatic rings. The number of methoxy groups -OCH3 is 1. The Hall–Kier alpha value is -2.73. The molecule has 3 aliphatic heterocycles. The lowest BCUT2D eigenvalue weighted by Crippen LogP contribution is -2.52. The van der Waals surface area contributed by atoms with Gasteiger partial charge in [0.25, 0.3) is 0 Å². The number of hydrogen-bond acceptors (Lipinski definition) is 4. The maximum atomic E-state index is 5.95. The first-order valence-electron chi connectivity index (χ1n) is 12.3. The number of benzene rings is 2. The van der Waals surface area contributed by atoms with Crippen LogP contribution in [-0.4, -0.2) is 49.2 Å². The molecule has 3 atom stereocenters. The number of aliphatic imine (C=N–C) groups is 1. The number of hydrogen-bond donors (Lipinski definition) is 2. The summed E-state index contributed by atoms with van der Waals surface area (Å²) in [5.74, 6) is 2.74. The van der Waals surface area contributed by atoms with Gasteiger partial charge in [-0.25, -0.2) is 0 Å². The molecule has 2 aromatic rings. The lowest BCUT2D eigenvalue weighted by molar-refractivity contribution is 0.114. The minimum atomic E-state index is 0.227. The van der Waals surface area contributed by atoms with Crippen LogP contribution in [0.3, 0.4) is 0 Å². The molecule has 3 unspecified atom stereocenters. The molecule has 0 aliphatic carbocycles. The standard InChI is InChI=1S/C27H36N4O2/c1-18-11-20-12-25(32-3)21(13-26(20)33-18)16-29-27(28-2)30-22-14-23-9-10-24(15-22)31(23)17-19-7-5-4-6-8-19/h4-8,12-13,18,22-24H,9-11,14-17H2,1-3H3,(H2,28,29,30). The molecule has 6 nitrogen and oxygen atoms in total. The van der Waals surface area contributed by atoms with Gasteiger partial charge in [-0.05, 0) is 50.3 Å². The van der Waals surface area contributed by atoms with Crippen molar-refractivity contribution in [2.24, 2.45) is 4.99 Å². The van der Waals surface area contributed by atoms with E-state index in [1.807, 2.05) is 7.05 Å². The maximum Gasteiger partial charge on any atom is 0.191 e. The van der Waals surface area contributed by atoms with Crippen molar-refractivity contribution in [1.29, 1.82) is 0 Å². The first-order valence-corrected chi connectivity index (χ1v) is 12.3. The van der Waals surface area contributed by atoms with Gasteiger partial charge in [-0.15, -0.1) is 0 Å². The molecule has 2 fully saturated rings. The number of fused-ring (bicyclic) bond motifs is 3. The fourth-order valence-electron chi connectivity index (χ4n) is 5.82. The summed E-state index contributed by atoms with van der Waals surface area (Å²) in [6.07, 6.45) is 6.09. The maximum absolute atomic E-state index is 5.95. The van der Waals surface area contributed by atoms with E-state index in [4.69, 9.17) is 9.47 Å². The second-order valence-corrected chi connectivity index (χ2v) is 9.69. The third-order valence-corrected chi connectivity index (χ3v) is 7.40. The molecule has 2 bridgehead atoms. The van der Waals surface area contributed by atoms with Crippen LogP contribution in [0.1, 0.15) is 49.3 Å². The third-order valence-electron chi connectivity index (χ3n) is 7.40. The van der Waals surface area contributed by atoms with Crippen LogP contribution in [0.15, 0.2) is 47.5 Å². The quantitative estimate of drug-likeness (QED) is 0.519. The largest absolute Gasteiger partial charge is 0.496 e. The van der Waals surface area contributed by atoms with E-state index in [1.54, 1.807) is 7.11 Å². The molecule has 2 saturated heterocycles. The first kappa shape index (κ1) is 22.1. The Kier molecular flexibility index (Phi) is 6.45. The van der Waals surface area contributed by atoms with Gasteiger partial charge < -0.3 is 20.1 Å². The van der Waals surface area contributed by atoms with Crippen LogP contribution in [0.25, 0.3) is 0 Å². The Morgan fingerprint density at radius 3 is 2.61 bits per heavy atom. The zero-order valence-corrected chi connectivity index (χ0v) is 20.0. The smallest absolute Gasteiger partial charge is 0.191 e. The summed E-state index contributed by atoms with van der Waals surface area (Å²) < 4.78 is 11.6. The predicted octanol–water partition coefficient (Wildman–Crippen LogP) is 3.88. The van der Waals surface area contributed by atoms with Gasteiger partial charge in [0.1, 0.15) is 17.6 Å². The number of rotatable bonds is 6. The summed E-state index contributed by atoms with van der Waals surface area (Å²) >= 11 is 0. The van der Waals surface area contributed by atoms with Gasteiger partial charge in [0, 0.05) is 55.8 Å². The molecular weight excluding hydrogens is 412 g/mol. The Morgan fingerprint density at radius 1 is 1.15 bits per heavy atom. The van der Waals surface area contributed by atoms with Gasteiger partial charge in [0.2, 0.25) is 0 Å².